The Morgan fingerprint density at radius 3 is 2.81 bits per heavy atom. The second-order valence-electron chi connectivity index (χ2n) is 5.40. The first-order valence-electron chi connectivity index (χ1n) is 7.36. The smallest absolute Gasteiger partial charge is 0.225 e. The van der Waals surface area contributed by atoms with Crippen LogP contribution in [-0.4, -0.2) is 30.5 Å². The van der Waals surface area contributed by atoms with Gasteiger partial charge in [0.1, 0.15) is 0 Å². The minimum atomic E-state index is 0. The molecule has 0 saturated carbocycles. The van der Waals surface area contributed by atoms with Crippen LogP contribution in [0.4, 0.5) is 0 Å². The predicted octanol–water partition coefficient (Wildman–Crippen LogP) is 2.03. The highest BCUT2D eigenvalue weighted by Gasteiger charge is 2.24. The van der Waals surface area contributed by atoms with Gasteiger partial charge in [0.2, 0.25) is 5.91 Å². The minimum absolute atomic E-state index is 0. The van der Waals surface area contributed by atoms with Gasteiger partial charge in [-0.05, 0) is 24.0 Å². The zero-order valence-corrected chi connectivity index (χ0v) is 13.1. The number of aryl methyl sites for hydroxylation is 1. The van der Waals surface area contributed by atoms with E-state index in [0.29, 0.717) is 6.54 Å². The number of rotatable bonds is 5. The van der Waals surface area contributed by atoms with Crippen molar-refractivity contribution in [3.05, 3.63) is 35.5 Å². The number of hydrogen-bond acceptors (Lipinski definition) is 2. The molecular formula is C16H22ClN3O. The summed E-state index contributed by atoms with van der Waals surface area (Å²) in [5, 5.41) is 7.42. The van der Waals surface area contributed by atoms with Crippen molar-refractivity contribution in [2.45, 2.75) is 19.8 Å². The quantitative estimate of drug-likeness (QED) is 0.791. The SMILES string of the molecule is CCc1cccc2c(CCNC(=O)C3CNC3)c[nH]c12.Cl. The fourth-order valence-corrected chi connectivity index (χ4v) is 2.72. The summed E-state index contributed by atoms with van der Waals surface area (Å²) in [6.45, 7) is 4.51. The number of amides is 1. The van der Waals surface area contributed by atoms with Gasteiger partial charge < -0.3 is 15.6 Å². The fourth-order valence-electron chi connectivity index (χ4n) is 2.72. The highest BCUT2D eigenvalue weighted by molar-refractivity contribution is 5.86. The van der Waals surface area contributed by atoms with Crippen molar-refractivity contribution in [3.8, 4) is 0 Å². The molecule has 0 spiro atoms. The average molecular weight is 308 g/mol. The molecule has 2 heterocycles. The third-order valence-electron chi connectivity index (χ3n) is 4.11. The number of hydrogen-bond donors (Lipinski definition) is 3. The van der Waals surface area contributed by atoms with Gasteiger partial charge >= 0.3 is 0 Å². The van der Waals surface area contributed by atoms with Crippen LogP contribution in [0.3, 0.4) is 0 Å². The predicted molar refractivity (Wildman–Crippen MR) is 88.0 cm³/mol. The van der Waals surface area contributed by atoms with Crippen molar-refractivity contribution in [1.29, 1.82) is 0 Å². The molecular weight excluding hydrogens is 286 g/mol. The van der Waals surface area contributed by atoms with Crippen molar-refractivity contribution in [2.24, 2.45) is 5.92 Å². The second kappa shape index (κ2) is 6.96. The van der Waals surface area contributed by atoms with E-state index in [-0.39, 0.29) is 24.2 Å². The Balaban J connectivity index is 0.00000161. The van der Waals surface area contributed by atoms with E-state index < -0.39 is 0 Å². The molecule has 0 atom stereocenters. The van der Waals surface area contributed by atoms with Crippen molar-refractivity contribution in [2.75, 3.05) is 19.6 Å². The number of H-pyrrole nitrogens is 1. The lowest BCUT2D eigenvalue weighted by molar-refractivity contribution is -0.126. The lowest BCUT2D eigenvalue weighted by atomic mass is 10.0. The number of carbonyl (C=O) groups excluding carboxylic acids is 1. The lowest BCUT2D eigenvalue weighted by Crippen LogP contribution is -2.51. The minimum Gasteiger partial charge on any atom is -0.361 e. The summed E-state index contributed by atoms with van der Waals surface area (Å²) in [6, 6.07) is 6.42. The molecule has 4 nitrogen and oxygen atoms in total. The standard InChI is InChI=1S/C16H21N3O.ClH/c1-2-11-4-3-5-14-12(10-19-15(11)14)6-7-18-16(20)13-8-17-9-13;/h3-5,10,13,17,19H,2,6-9H2,1H3,(H,18,20);1H. The van der Waals surface area contributed by atoms with E-state index in [0.717, 1.165) is 25.9 Å². The van der Waals surface area contributed by atoms with Crippen molar-refractivity contribution >= 4 is 29.2 Å². The van der Waals surface area contributed by atoms with Crippen LogP contribution in [0, 0.1) is 5.92 Å². The van der Waals surface area contributed by atoms with E-state index in [1.54, 1.807) is 0 Å². The van der Waals surface area contributed by atoms with E-state index >= 15 is 0 Å². The molecule has 1 fully saturated rings. The third-order valence-corrected chi connectivity index (χ3v) is 4.11. The second-order valence-corrected chi connectivity index (χ2v) is 5.40. The molecule has 2 aromatic rings. The number of para-hydroxylation sites is 1. The van der Waals surface area contributed by atoms with Crippen LogP contribution >= 0.6 is 12.4 Å². The van der Waals surface area contributed by atoms with Gasteiger partial charge in [0, 0.05) is 36.7 Å². The number of aromatic nitrogens is 1. The topological polar surface area (TPSA) is 56.9 Å². The summed E-state index contributed by atoms with van der Waals surface area (Å²) in [6.07, 6.45) is 3.97. The zero-order chi connectivity index (χ0) is 13.9. The van der Waals surface area contributed by atoms with Gasteiger partial charge in [0.05, 0.1) is 5.92 Å². The van der Waals surface area contributed by atoms with Crippen molar-refractivity contribution in [3.63, 3.8) is 0 Å². The normalized spacial score (nSPS) is 14.5. The van der Waals surface area contributed by atoms with Crippen LogP contribution in [-0.2, 0) is 17.6 Å². The maximum Gasteiger partial charge on any atom is 0.225 e. The van der Waals surface area contributed by atoms with Gasteiger partial charge in [-0.15, -0.1) is 12.4 Å². The Hall–Kier alpha value is -1.52. The highest BCUT2D eigenvalue weighted by Crippen LogP contribution is 2.22. The van der Waals surface area contributed by atoms with E-state index in [4.69, 9.17) is 0 Å². The molecule has 1 amide bonds. The molecule has 21 heavy (non-hydrogen) atoms. The lowest BCUT2D eigenvalue weighted by Gasteiger charge is -2.25. The molecule has 1 aliphatic heterocycles. The van der Waals surface area contributed by atoms with Crippen LogP contribution in [0.5, 0.6) is 0 Å². The Morgan fingerprint density at radius 2 is 2.14 bits per heavy atom. The van der Waals surface area contributed by atoms with Gasteiger partial charge in [-0.25, -0.2) is 0 Å². The first-order chi connectivity index (χ1) is 9.79. The molecule has 0 unspecified atom stereocenters. The maximum absolute atomic E-state index is 11.8. The zero-order valence-electron chi connectivity index (χ0n) is 12.2. The number of halogens is 1. The fraction of sp³-hybridized carbons (Fsp3) is 0.438. The summed E-state index contributed by atoms with van der Waals surface area (Å²) in [5.41, 5.74) is 3.86. The van der Waals surface area contributed by atoms with Gasteiger partial charge in [0.15, 0.2) is 0 Å². The summed E-state index contributed by atoms with van der Waals surface area (Å²) in [4.78, 5) is 15.1. The van der Waals surface area contributed by atoms with Crippen LogP contribution in [0.25, 0.3) is 10.9 Å². The van der Waals surface area contributed by atoms with Crippen LogP contribution < -0.4 is 10.6 Å². The monoisotopic (exact) mass is 307 g/mol. The molecule has 0 bridgehead atoms. The first kappa shape index (κ1) is 15.9. The van der Waals surface area contributed by atoms with E-state index in [1.165, 1.54) is 22.0 Å². The molecule has 3 rings (SSSR count). The summed E-state index contributed by atoms with van der Waals surface area (Å²) >= 11 is 0. The van der Waals surface area contributed by atoms with Gasteiger partial charge in [0.25, 0.3) is 0 Å². The number of benzene rings is 1. The molecule has 114 valence electrons. The Bertz CT molecular complexity index is 619. The van der Waals surface area contributed by atoms with Gasteiger partial charge in [-0.2, -0.15) is 0 Å². The van der Waals surface area contributed by atoms with E-state index in [1.807, 2.05) is 0 Å². The number of aromatic amines is 1. The number of carbonyl (C=O) groups is 1. The van der Waals surface area contributed by atoms with Gasteiger partial charge in [-0.3, -0.25) is 4.79 Å². The molecule has 1 aliphatic rings. The number of nitrogens with one attached hydrogen (secondary N) is 3. The van der Waals surface area contributed by atoms with E-state index in [2.05, 4.69) is 46.9 Å². The molecule has 0 radical (unpaired) electrons. The summed E-state index contributed by atoms with van der Waals surface area (Å²) in [5.74, 6) is 0.350. The highest BCUT2D eigenvalue weighted by atomic mass is 35.5. The maximum atomic E-state index is 11.8. The van der Waals surface area contributed by atoms with Crippen molar-refractivity contribution in [1.82, 2.24) is 15.6 Å². The molecule has 5 heteroatoms. The Morgan fingerprint density at radius 1 is 1.33 bits per heavy atom. The Kier molecular flexibility index (Phi) is 5.26. The molecule has 1 saturated heterocycles. The molecule has 1 aromatic carbocycles. The molecule has 0 aliphatic carbocycles. The number of fused-ring (bicyclic) bond motifs is 1. The first-order valence-corrected chi connectivity index (χ1v) is 7.36. The molecule has 3 N–H and O–H groups in total. The summed E-state index contributed by atoms with van der Waals surface area (Å²) in [7, 11) is 0. The average Bonchev–Trinajstić information content (AvgIpc) is 2.80. The van der Waals surface area contributed by atoms with Crippen molar-refractivity contribution < 1.29 is 4.79 Å². The van der Waals surface area contributed by atoms with Crippen LogP contribution in [0.2, 0.25) is 0 Å². The Labute approximate surface area is 131 Å². The summed E-state index contributed by atoms with van der Waals surface area (Å²) < 4.78 is 0. The van der Waals surface area contributed by atoms with E-state index in [9.17, 15) is 4.79 Å². The largest absolute Gasteiger partial charge is 0.361 e. The van der Waals surface area contributed by atoms with Gasteiger partial charge in [-0.1, -0.05) is 25.1 Å². The van der Waals surface area contributed by atoms with Crippen LogP contribution in [0.15, 0.2) is 24.4 Å². The molecule has 1 aromatic heterocycles. The van der Waals surface area contributed by atoms with Crippen LogP contribution in [0.1, 0.15) is 18.1 Å². The third kappa shape index (κ3) is 3.22.